The standard InChI is InChI=1S/C18H23FN2O3S/c19-14-5-3-12(4-6-14)7-20-10-16-15-9-21(8-13-1-2-13)25(22,23)18(15)17(11-20)24-16/h3-6,13,15-18H,1-2,7-11H2. The lowest BCUT2D eigenvalue weighted by atomic mass is 10.00. The molecule has 3 aliphatic heterocycles. The molecule has 4 aliphatic rings. The maximum absolute atomic E-state index is 13.1. The zero-order valence-corrected chi connectivity index (χ0v) is 14.9. The SMILES string of the molecule is O=S1(=O)C2C3CN(Cc4ccc(F)cc4)CC(O3)C2CN1CC1CC1. The third-order valence-electron chi connectivity index (χ3n) is 6.09. The fourth-order valence-corrected chi connectivity index (χ4v) is 7.07. The molecule has 1 aliphatic carbocycles. The average Bonchev–Trinajstić information content (AvgIpc) is 3.29. The third-order valence-corrected chi connectivity index (χ3v) is 8.45. The minimum Gasteiger partial charge on any atom is -0.371 e. The minimum atomic E-state index is -3.24. The van der Waals surface area contributed by atoms with Crippen LogP contribution in [0.1, 0.15) is 18.4 Å². The van der Waals surface area contributed by atoms with E-state index in [9.17, 15) is 12.8 Å². The molecular formula is C18H23FN2O3S. The Morgan fingerprint density at radius 3 is 2.52 bits per heavy atom. The van der Waals surface area contributed by atoms with Crippen LogP contribution >= 0.6 is 0 Å². The van der Waals surface area contributed by atoms with E-state index in [2.05, 4.69) is 4.90 Å². The first-order valence-corrected chi connectivity index (χ1v) is 10.6. The van der Waals surface area contributed by atoms with E-state index in [0.717, 1.165) is 24.9 Å². The molecule has 5 rings (SSSR count). The number of hydrogen-bond acceptors (Lipinski definition) is 4. The van der Waals surface area contributed by atoms with E-state index in [0.29, 0.717) is 32.1 Å². The number of ether oxygens (including phenoxy) is 1. The number of halogens is 1. The zero-order valence-electron chi connectivity index (χ0n) is 14.1. The highest BCUT2D eigenvalue weighted by Gasteiger charge is 2.60. The summed E-state index contributed by atoms with van der Waals surface area (Å²) in [7, 11) is -3.24. The number of hydrogen-bond donors (Lipinski definition) is 0. The summed E-state index contributed by atoms with van der Waals surface area (Å²) in [5.41, 5.74) is 1.05. The molecule has 5 nitrogen and oxygen atoms in total. The van der Waals surface area contributed by atoms with Crippen molar-refractivity contribution in [1.82, 2.24) is 9.21 Å². The maximum Gasteiger partial charge on any atom is 0.220 e. The minimum absolute atomic E-state index is 0.0109. The molecule has 0 amide bonds. The van der Waals surface area contributed by atoms with Crippen LogP contribution in [-0.2, 0) is 21.3 Å². The largest absolute Gasteiger partial charge is 0.371 e. The molecule has 7 heteroatoms. The fraction of sp³-hybridized carbons (Fsp3) is 0.667. The first-order chi connectivity index (χ1) is 12.0. The van der Waals surface area contributed by atoms with Gasteiger partial charge in [-0.3, -0.25) is 4.90 Å². The van der Waals surface area contributed by atoms with E-state index in [1.165, 1.54) is 12.1 Å². The summed E-state index contributed by atoms with van der Waals surface area (Å²) in [6.07, 6.45) is 2.08. The Bertz CT molecular complexity index is 765. The van der Waals surface area contributed by atoms with Crippen LogP contribution in [-0.4, -0.2) is 61.3 Å². The van der Waals surface area contributed by atoms with Crippen LogP contribution in [0.25, 0.3) is 0 Å². The van der Waals surface area contributed by atoms with Crippen LogP contribution in [0, 0.1) is 17.7 Å². The summed E-state index contributed by atoms with van der Waals surface area (Å²) >= 11 is 0. The van der Waals surface area contributed by atoms with Crippen molar-refractivity contribution in [2.75, 3.05) is 26.2 Å². The predicted octanol–water partition coefficient (Wildman–Crippen LogP) is 1.45. The second-order valence-electron chi connectivity index (χ2n) is 7.97. The van der Waals surface area contributed by atoms with E-state index in [1.54, 1.807) is 16.4 Å². The Hall–Kier alpha value is -1.02. The highest BCUT2D eigenvalue weighted by Crippen LogP contribution is 2.44. The van der Waals surface area contributed by atoms with Crippen molar-refractivity contribution in [3.8, 4) is 0 Å². The molecule has 136 valence electrons. The lowest BCUT2D eigenvalue weighted by Gasteiger charge is -2.34. The number of rotatable bonds is 4. The van der Waals surface area contributed by atoms with Crippen molar-refractivity contribution >= 4 is 10.0 Å². The summed E-state index contributed by atoms with van der Waals surface area (Å²) in [6.45, 7) is 3.42. The van der Waals surface area contributed by atoms with Crippen molar-refractivity contribution in [3.05, 3.63) is 35.6 Å². The topological polar surface area (TPSA) is 49.9 Å². The van der Waals surface area contributed by atoms with E-state index in [-0.39, 0.29) is 29.2 Å². The van der Waals surface area contributed by atoms with Gasteiger partial charge in [0.2, 0.25) is 10.0 Å². The molecule has 1 saturated carbocycles. The summed E-state index contributed by atoms with van der Waals surface area (Å²) in [4.78, 5) is 2.26. The number of morpholine rings is 1. The molecule has 0 radical (unpaired) electrons. The highest BCUT2D eigenvalue weighted by atomic mass is 32.2. The number of nitrogens with zero attached hydrogens (tertiary/aromatic N) is 2. The number of sulfonamides is 1. The Kier molecular flexibility index (Phi) is 3.71. The van der Waals surface area contributed by atoms with Crippen molar-refractivity contribution in [2.24, 2.45) is 11.8 Å². The van der Waals surface area contributed by atoms with Gasteiger partial charge < -0.3 is 4.74 Å². The van der Waals surface area contributed by atoms with Gasteiger partial charge in [0.15, 0.2) is 0 Å². The third kappa shape index (κ3) is 2.81. The molecule has 4 fully saturated rings. The van der Waals surface area contributed by atoms with E-state index in [4.69, 9.17) is 4.74 Å². The predicted molar refractivity (Wildman–Crippen MR) is 90.8 cm³/mol. The lowest BCUT2D eigenvalue weighted by molar-refractivity contribution is -0.0510. The molecule has 4 unspecified atom stereocenters. The quantitative estimate of drug-likeness (QED) is 0.809. The second kappa shape index (κ2) is 5.74. The van der Waals surface area contributed by atoms with Crippen molar-refractivity contribution < 1.29 is 17.5 Å². The fourth-order valence-electron chi connectivity index (χ4n) is 4.69. The van der Waals surface area contributed by atoms with Crippen LogP contribution in [0.5, 0.6) is 0 Å². The molecule has 2 bridgehead atoms. The molecule has 3 heterocycles. The van der Waals surface area contributed by atoms with Crippen molar-refractivity contribution in [3.63, 3.8) is 0 Å². The molecule has 4 atom stereocenters. The molecule has 0 N–H and O–H groups in total. The van der Waals surface area contributed by atoms with Crippen LogP contribution in [0.4, 0.5) is 4.39 Å². The average molecular weight is 366 g/mol. The second-order valence-corrected chi connectivity index (χ2v) is 10.1. The van der Waals surface area contributed by atoms with Gasteiger partial charge in [-0.2, -0.15) is 0 Å². The Morgan fingerprint density at radius 2 is 1.80 bits per heavy atom. The van der Waals surface area contributed by atoms with Gasteiger partial charge in [0.05, 0.1) is 12.2 Å². The maximum atomic E-state index is 13.1. The highest BCUT2D eigenvalue weighted by molar-refractivity contribution is 7.90. The zero-order chi connectivity index (χ0) is 17.2. The smallest absolute Gasteiger partial charge is 0.220 e. The summed E-state index contributed by atoms with van der Waals surface area (Å²) in [5, 5.41) is -0.380. The molecule has 1 aromatic rings. The molecule has 0 spiro atoms. The van der Waals surface area contributed by atoms with Crippen LogP contribution < -0.4 is 0 Å². The molecule has 3 saturated heterocycles. The molecule has 0 aromatic heterocycles. The Labute approximate surface area is 147 Å². The first-order valence-electron chi connectivity index (χ1n) is 9.12. The van der Waals surface area contributed by atoms with E-state index in [1.807, 2.05) is 0 Å². The van der Waals surface area contributed by atoms with E-state index < -0.39 is 10.0 Å². The molecular weight excluding hydrogens is 343 g/mol. The van der Waals surface area contributed by atoms with Gasteiger partial charge in [0.25, 0.3) is 0 Å². The first kappa shape index (κ1) is 16.2. The lowest BCUT2D eigenvalue weighted by Crippen LogP contribution is -2.47. The van der Waals surface area contributed by atoms with Gasteiger partial charge >= 0.3 is 0 Å². The van der Waals surface area contributed by atoms with Crippen molar-refractivity contribution in [2.45, 2.75) is 36.8 Å². The van der Waals surface area contributed by atoms with Gasteiger partial charge in [-0.1, -0.05) is 12.1 Å². The molecule has 1 aromatic carbocycles. The number of fused-ring (bicyclic) bond motifs is 5. The number of likely N-dealkylation sites (tertiary alicyclic amines) is 1. The normalized spacial score (nSPS) is 37.3. The van der Waals surface area contributed by atoms with Gasteiger partial charge in [0, 0.05) is 38.6 Å². The van der Waals surface area contributed by atoms with Gasteiger partial charge in [0.1, 0.15) is 11.1 Å². The summed E-state index contributed by atoms with van der Waals surface area (Å²) in [5.74, 6) is 0.429. The van der Waals surface area contributed by atoms with E-state index >= 15 is 0 Å². The Morgan fingerprint density at radius 1 is 1.08 bits per heavy atom. The summed E-state index contributed by atoms with van der Waals surface area (Å²) in [6, 6.07) is 6.53. The summed E-state index contributed by atoms with van der Waals surface area (Å²) < 4.78 is 46.8. The van der Waals surface area contributed by atoms with Crippen LogP contribution in [0.2, 0.25) is 0 Å². The van der Waals surface area contributed by atoms with Crippen molar-refractivity contribution in [1.29, 1.82) is 0 Å². The van der Waals surface area contributed by atoms with Gasteiger partial charge in [-0.05, 0) is 36.5 Å². The Balaban J connectivity index is 1.31. The molecule has 25 heavy (non-hydrogen) atoms. The van der Waals surface area contributed by atoms with Crippen LogP contribution in [0.15, 0.2) is 24.3 Å². The number of benzene rings is 1. The van der Waals surface area contributed by atoms with Gasteiger partial charge in [-0.25, -0.2) is 17.1 Å². The monoisotopic (exact) mass is 366 g/mol. The van der Waals surface area contributed by atoms with Gasteiger partial charge in [-0.15, -0.1) is 0 Å². The van der Waals surface area contributed by atoms with Crippen LogP contribution in [0.3, 0.4) is 0 Å².